The number of carbonyl (C=O) groups is 1. The van der Waals surface area contributed by atoms with Crippen LogP contribution < -0.4 is 5.32 Å². The van der Waals surface area contributed by atoms with Crippen molar-refractivity contribution in [2.75, 3.05) is 5.32 Å². The molecule has 2 N–H and O–H groups in total. The molecule has 1 aromatic carbocycles. The second-order valence-electron chi connectivity index (χ2n) is 8.99. The number of aliphatic hydroxyl groups excluding tert-OH is 1. The quantitative estimate of drug-likeness (QED) is 0.797. The maximum Gasteiger partial charge on any atom is 0.302 e. The van der Waals surface area contributed by atoms with Crippen molar-refractivity contribution in [2.24, 2.45) is 17.8 Å². The van der Waals surface area contributed by atoms with E-state index in [4.69, 9.17) is 4.74 Å². The number of piperidine rings is 4. The molecule has 1 aliphatic carbocycles. The monoisotopic (exact) mass is 354 g/mol. The molecule has 10 atom stereocenters. The van der Waals surface area contributed by atoms with E-state index in [1.165, 1.54) is 11.3 Å². The van der Waals surface area contributed by atoms with Crippen molar-refractivity contribution in [3.8, 4) is 0 Å². The molecule has 26 heavy (non-hydrogen) atoms. The number of benzene rings is 1. The number of rotatable bonds is 2. The van der Waals surface area contributed by atoms with Gasteiger partial charge in [0.25, 0.3) is 0 Å². The van der Waals surface area contributed by atoms with Crippen molar-refractivity contribution in [3.63, 3.8) is 0 Å². The number of nitrogens with zero attached hydrogens (tertiary/aromatic N) is 1. The van der Waals surface area contributed by atoms with Crippen LogP contribution in [0.5, 0.6) is 0 Å². The number of anilines is 1. The molecule has 5 aliphatic heterocycles. The Balaban J connectivity index is 1.57. The Morgan fingerprint density at radius 1 is 1.38 bits per heavy atom. The largest absolute Gasteiger partial charge is 0.461 e. The minimum atomic E-state index is -0.357. The van der Waals surface area contributed by atoms with Gasteiger partial charge in [0.15, 0.2) is 0 Å². The van der Waals surface area contributed by atoms with Crippen LogP contribution in [0.4, 0.5) is 5.69 Å². The SMILES string of the molecule is CCC1C2CC3C4Nc5ccccc5C45CC(C2C5OC(C)=O)N3C1O. The van der Waals surface area contributed by atoms with Crippen molar-refractivity contribution in [1.82, 2.24) is 4.90 Å². The number of para-hydroxylation sites is 1. The predicted octanol–water partition coefficient (Wildman–Crippen LogP) is 2.10. The Bertz CT molecular complexity index is 797. The second-order valence-corrected chi connectivity index (χ2v) is 8.99. The van der Waals surface area contributed by atoms with Gasteiger partial charge in [-0.05, 0) is 36.8 Å². The van der Waals surface area contributed by atoms with E-state index in [9.17, 15) is 9.90 Å². The second kappa shape index (κ2) is 4.82. The van der Waals surface area contributed by atoms with E-state index in [-0.39, 0.29) is 35.7 Å². The van der Waals surface area contributed by atoms with Gasteiger partial charge in [-0.2, -0.15) is 0 Å². The molecule has 6 aliphatic rings. The molecule has 1 aromatic rings. The highest BCUT2D eigenvalue weighted by atomic mass is 16.5. The molecule has 138 valence electrons. The van der Waals surface area contributed by atoms with Crippen molar-refractivity contribution in [1.29, 1.82) is 0 Å². The van der Waals surface area contributed by atoms with E-state index in [0.717, 1.165) is 19.3 Å². The maximum atomic E-state index is 12.1. The molecule has 1 spiro atoms. The van der Waals surface area contributed by atoms with Gasteiger partial charge in [-0.15, -0.1) is 0 Å². The highest BCUT2D eigenvalue weighted by Crippen LogP contribution is 2.68. The summed E-state index contributed by atoms with van der Waals surface area (Å²) in [7, 11) is 0. The van der Waals surface area contributed by atoms with E-state index in [2.05, 4.69) is 41.4 Å². The van der Waals surface area contributed by atoms with Crippen molar-refractivity contribution < 1.29 is 14.6 Å². The number of aliphatic hydroxyl groups is 1. The van der Waals surface area contributed by atoms with Crippen LogP contribution in [0.1, 0.15) is 38.7 Å². The molecule has 0 amide bonds. The molecule has 10 unspecified atom stereocenters. The van der Waals surface area contributed by atoms with Crippen LogP contribution in [0.3, 0.4) is 0 Å². The van der Waals surface area contributed by atoms with E-state index in [1.54, 1.807) is 6.92 Å². The average molecular weight is 354 g/mol. The minimum Gasteiger partial charge on any atom is -0.461 e. The van der Waals surface area contributed by atoms with Crippen LogP contribution in [0, 0.1) is 17.8 Å². The lowest BCUT2D eigenvalue weighted by Gasteiger charge is -2.61. The molecule has 5 heteroatoms. The van der Waals surface area contributed by atoms with Gasteiger partial charge < -0.3 is 15.2 Å². The third kappa shape index (κ3) is 1.51. The lowest BCUT2D eigenvalue weighted by molar-refractivity contribution is -0.211. The number of ether oxygens (including phenoxy) is 1. The smallest absolute Gasteiger partial charge is 0.302 e. The Kier molecular flexibility index (Phi) is 2.86. The first-order valence-electron chi connectivity index (χ1n) is 10.1. The fourth-order valence-electron chi connectivity index (χ4n) is 7.73. The van der Waals surface area contributed by atoms with Crippen LogP contribution in [0.25, 0.3) is 0 Å². The van der Waals surface area contributed by atoms with E-state index >= 15 is 0 Å². The summed E-state index contributed by atoms with van der Waals surface area (Å²) < 4.78 is 6.11. The van der Waals surface area contributed by atoms with Gasteiger partial charge in [-0.25, -0.2) is 0 Å². The average Bonchev–Trinajstić information content (AvgIpc) is 3.08. The van der Waals surface area contributed by atoms with Crippen molar-refractivity contribution >= 4 is 11.7 Å². The lowest BCUT2D eigenvalue weighted by atomic mass is 9.63. The van der Waals surface area contributed by atoms with Gasteiger partial charge in [0, 0.05) is 36.5 Å². The predicted molar refractivity (Wildman–Crippen MR) is 96.5 cm³/mol. The maximum absolute atomic E-state index is 12.1. The van der Waals surface area contributed by atoms with Gasteiger partial charge in [-0.3, -0.25) is 9.69 Å². The molecule has 7 rings (SSSR count). The normalized spacial score (nSPS) is 51.7. The fraction of sp³-hybridized carbons (Fsp3) is 0.667. The number of esters is 1. The number of nitrogens with one attached hydrogen (secondary N) is 1. The zero-order valence-corrected chi connectivity index (χ0v) is 15.3. The summed E-state index contributed by atoms with van der Waals surface area (Å²) in [6, 6.07) is 9.39. The van der Waals surface area contributed by atoms with Crippen LogP contribution in [-0.4, -0.2) is 46.4 Å². The molecule has 0 radical (unpaired) electrons. The first kappa shape index (κ1) is 15.5. The lowest BCUT2D eigenvalue weighted by Crippen LogP contribution is -2.71. The molecular formula is C21H26N2O3. The van der Waals surface area contributed by atoms with E-state index in [0.29, 0.717) is 23.9 Å². The highest BCUT2D eigenvalue weighted by Gasteiger charge is 2.76. The topological polar surface area (TPSA) is 61.8 Å². The molecule has 5 nitrogen and oxygen atoms in total. The van der Waals surface area contributed by atoms with Gasteiger partial charge in [-0.1, -0.05) is 25.1 Å². The van der Waals surface area contributed by atoms with Crippen LogP contribution >= 0.6 is 0 Å². The van der Waals surface area contributed by atoms with Crippen molar-refractivity contribution in [3.05, 3.63) is 29.8 Å². The standard InChI is InChI=1S/C21H26N2O3/c1-3-11-12-8-15-18-21(13-6-4-5-7-14(13)22-18)9-16(23(15)20(11)25)17(12)19(21)26-10(2)24/h4-7,11-12,15-20,22,25H,3,8-9H2,1-2H3. The van der Waals surface area contributed by atoms with Gasteiger partial charge in [0.05, 0.1) is 11.5 Å². The molecular weight excluding hydrogens is 328 g/mol. The first-order chi connectivity index (χ1) is 12.6. The Morgan fingerprint density at radius 3 is 2.96 bits per heavy atom. The zero-order chi connectivity index (χ0) is 17.8. The Labute approximate surface area is 153 Å². The van der Waals surface area contributed by atoms with Crippen LogP contribution in [-0.2, 0) is 14.9 Å². The third-order valence-electron chi connectivity index (χ3n) is 8.30. The zero-order valence-electron chi connectivity index (χ0n) is 15.3. The molecule has 0 aromatic heterocycles. The van der Waals surface area contributed by atoms with Crippen LogP contribution in [0.15, 0.2) is 24.3 Å². The summed E-state index contributed by atoms with van der Waals surface area (Å²) in [6.45, 7) is 3.72. The first-order valence-corrected chi connectivity index (χ1v) is 10.1. The van der Waals surface area contributed by atoms with Gasteiger partial charge in [0.1, 0.15) is 12.3 Å². The summed E-state index contributed by atoms with van der Waals surface area (Å²) in [5, 5.41) is 14.9. The van der Waals surface area contributed by atoms with Gasteiger partial charge in [0.2, 0.25) is 0 Å². The molecule has 1 saturated carbocycles. The Hall–Kier alpha value is -1.59. The van der Waals surface area contributed by atoms with Crippen LogP contribution in [0.2, 0.25) is 0 Å². The highest BCUT2D eigenvalue weighted by molar-refractivity contribution is 5.69. The van der Waals surface area contributed by atoms with E-state index < -0.39 is 0 Å². The number of carbonyl (C=O) groups excluding carboxylic acids is 1. The van der Waals surface area contributed by atoms with Crippen molar-refractivity contribution in [2.45, 2.75) is 69.0 Å². The number of hydrogen-bond donors (Lipinski definition) is 2. The number of hydrogen-bond acceptors (Lipinski definition) is 5. The summed E-state index contributed by atoms with van der Waals surface area (Å²) in [5.74, 6) is 0.887. The number of fused-ring (bicyclic) bond motifs is 2. The minimum absolute atomic E-state index is 0.0901. The fourth-order valence-corrected chi connectivity index (χ4v) is 7.73. The Morgan fingerprint density at radius 2 is 2.19 bits per heavy atom. The van der Waals surface area contributed by atoms with E-state index in [1.807, 2.05) is 0 Å². The third-order valence-corrected chi connectivity index (χ3v) is 8.30. The summed E-state index contributed by atoms with van der Waals surface area (Å²) in [5.41, 5.74) is 2.36. The molecule has 4 saturated heterocycles. The molecule has 5 bridgehead atoms. The molecule has 5 fully saturated rings. The summed E-state index contributed by atoms with van der Waals surface area (Å²) in [4.78, 5) is 14.5. The summed E-state index contributed by atoms with van der Waals surface area (Å²) in [6.07, 6.45) is 2.61. The summed E-state index contributed by atoms with van der Waals surface area (Å²) >= 11 is 0. The molecule has 5 heterocycles. The van der Waals surface area contributed by atoms with Gasteiger partial charge >= 0.3 is 5.97 Å².